The Morgan fingerprint density at radius 3 is 2.39 bits per heavy atom. The maximum Gasteiger partial charge on any atom is 0.276 e. The number of carbonyl (C=O) groups is 3. The number of hydrogen-bond donors (Lipinski definition) is 2. The van der Waals surface area contributed by atoms with Crippen molar-refractivity contribution in [3.63, 3.8) is 0 Å². The Morgan fingerprint density at radius 2 is 1.79 bits per heavy atom. The predicted molar refractivity (Wildman–Crippen MR) is 143 cm³/mol. The van der Waals surface area contributed by atoms with Crippen LogP contribution in [-0.4, -0.2) is 50.9 Å². The average molecular weight is 516 g/mol. The van der Waals surface area contributed by atoms with Gasteiger partial charge >= 0.3 is 0 Å². The number of nitrogens with one attached hydrogen (secondary N) is 2. The van der Waals surface area contributed by atoms with E-state index >= 15 is 0 Å². The minimum Gasteiger partial charge on any atom is -0.497 e. The van der Waals surface area contributed by atoms with Crippen LogP contribution in [0, 0.1) is 0 Å². The van der Waals surface area contributed by atoms with E-state index in [1.54, 1.807) is 23.5 Å². The highest BCUT2D eigenvalue weighted by molar-refractivity contribution is 6.11. The molecule has 3 amide bonds. The van der Waals surface area contributed by atoms with Crippen molar-refractivity contribution in [1.82, 2.24) is 19.8 Å². The number of benzene rings is 2. The molecule has 1 aromatic heterocycles. The Balaban J connectivity index is 1.36. The van der Waals surface area contributed by atoms with Gasteiger partial charge < -0.3 is 24.8 Å². The molecule has 2 aromatic carbocycles. The predicted octanol–water partition coefficient (Wildman–Crippen LogP) is 3.96. The number of aromatic nitrogens is 2. The van der Waals surface area contributed by atoms with Crippen LogP contribution < -0.4 is 15.4 Å². The number of hydrogen-bond acceptors (Lipinski definition) is 5. The monoisotopic (exact) mass is 515 g/mol. The fourth-order valence-corrected chi connectivity index (χ4v) is 4.98. The van der Waals surface area contributed by atoms with Crippen molar-refractivity contribution in [2.24, 2.45) is 0 Å². The number of anilines is 1. The van der Waals surface area contributed by atoms with Crippen LogP contribution in [0.5, 0.6) is 5.75 Å². The van der Waals surface area contributed by atoms with Crippen LogP contribution >= 0.6 is 0 Å². The van der Waals surface area contributed by atoms with E-state index in [4.69, 9.17) is 4.74 Å². The standard InChI is InChI=1S/C29H33N5O4/c1-18(2)20-7-9-21(10-8-20)32-26(35)24-25-27(36)34(22-11-12-22)29(3,16-33(25)17-31-24)28(37)30-15-19-5-13-23(38-4)14-6-19/h5-10,13-14,17-18,22H,11-12,15-16H2,1-4H3,(H,30,37)(H,32,35). The highest BCUT2D eigenvalue weighted by atomic mass is 16.5. The molecule has 2 N–H and O–H groups in total. The van der Waals surface area contributed by atoms with Gasteiger partial charge in [0.2, 0.25) is 5.91 Å². The summed E-state index contributed by atoms with van der Waals surface area (Å²) in [5.74, 6) is 0.0778. The first-order valence-corrected chi connectivity index (χ1v) is 12.9. The van der Waals surface area contributed by atoms with Crippen LogP contribution in [0.25, 0.3) is 0 Å². The second-order valence-electron chi connectivity index (χ2n) is 10.5. The second kappa shape index (κ2) is 9.96. The zero-order chi connectivity index (χ0) is 27.0. The normalized spacial score (nSPS) is 18.8. The Morgan fingerprint density at radius 1 is 1.11 bits per heavy atom. The van der Waals surface area contributed by atoms with Crippen LogP contribution in [0.2, 0.25) is 0 Å². The van der Waals surface area contributed by atoms with Crippen molar-refractivity contribution < 1.29 is 19.1 Å². The van der Waals surface area contributed by atoms with Gasteiger partial charge in [0.1, 0.15) is 17.0 Å². The first-order valence-electron chi connectivity index (χ1n) is 12.9. The largest absolute Gasteiger partial charge is 0.497 e. The van der Waals surface area contributed by atoms with Crippen LogP contribution in [0.4, 0.5) is 5.69 Å². The maximum absolute atomic E-state index is 13.8. The SMILES string of the molecule is COc1ccc(CNC(=O)C2(C)Cn3cnc(C(=O)Nc4ccc(C(C)C)cc4)c3C(=O)N2C2CC2)cc1. The van der Waals surface area contributed by atoms with Crippen molar-refractivity contribution in [3.05, 3.63) is 77.4 Å². The Bertz CT molecular complexity index is 1360. The van der Waals surface area contributed by atoms with Gasteiger partial charge in [0.05, 0.1) is 20.0 Å². The lowest BCUT2D eigenvalue weighted by atomic mass is 9.93. The fourth-order valence-electron chi connectivity index (χ4n) is 4.98. The van der Waals surface area contributed by atoms with E-state index in [0.29, 0.717) is 18.2 Å². The summed E-state index contributed by atoms with van der Waals surface area (Å²) < 4.78 is 6.82. The summed E-state index contributed by atoms with van der Waals surface area (Å²) in [7, 11) is 1.60. The number of methoxy groups -OCH3 is 1. The van der Waals surface area contributed by atoms with Crippen molar-refractivity contribution in [2.75, 3.05) is 12.4 Å². The number of imidazole rings is 1. The highest BCUT2D eigenvalue weighted by Crippen LogP contribution is 2.39. The van der Waals surface area contributed by atoms with Crippen LogP contribution in [0.1, 0.15) is 71.6 Å². The van der Waals surface area contributed by atoms with Gasteiger partial charge in [0.25, 0.3) is 11.8 Å². The molecule has 0 spiro atoms. The Hall–Kier alpha value is -4.14. The molecule has 1 aliphatic heterocycles. The molecule has 1 aliphatic carbocycles. The van der Waals surface area contributed by atoms with E-state index in [0.717, 1.165) is 24.2 Å². The molecule has 5 rings (SSSR count). The second-order valence-corrected chi connectivity index (χ2v) is 10.5. The van der Waals surface area contributed by atoms with Gasteiger partial charge in [0, 0.05) is 18.3 Å². The summed E-state index contributed by atoms with van der Waals surface area (Å²) in [5.41, 5.74) is 1.89. The first-order chi connectivity index (χ1) is 18.2. The Labute approximate surface area is 222 Å². The Kier molecular flexibility index (Phi) is 6.69. The van der Waals surface area contributed by atoms with Crippen molar-refractivity contribution >= 4 is 23.4 Å². The lowest BCUT2D eigenvalue weighted by molar-refractivity contribution is -0.133. The zero-order valence-electron chi connectivity index (χ0n) is 22.2. The molecule has 1 fully saturated rings. The van der Waals surface area contributed by atoms with Gasteiger partial charge in [-0.2, -0.15) is 0 Å². The van der Waals surface area contributed by atoms with Crippen molar-refractivity contribution in [2.45, 2.75) is 64.2 Å². The minimum atomic E-state index is -1.11. The van der Waals surface area contributed by atoms with Crippen LogP contribution in [0.3, 0.4) is 0 Å². The smallest absolute Gasteiger partial charge is 0.276 e. The summed E-state index contributed by atoms with van der Waals surface area (Å²) in [4.78, 5) is 46.5. The molecule has 0 saturated heterocycles. The van der Waals surface area contributed by atoms with Gasteiger partial charge in [-0.25, -0.2) is 4.98 Å². The van der Waals surface area contributed by atoms with Gasteiger partial charge in [-0.3, -0.25) is 14.4 Å². The summed E-state index contributed by atoms with van der Waals surface area (Å²) in [6, 6.07) is 15.1. The number of carbonyl (C=O) groups excluding carboxylic acids is 3. The number of ether oxygens (including phenoxy) is 1. The molecule has 9 nitrogen and oxygen atoms in total. The molecule has 0 bridgehead atoms. The van der Waals surface area contributed by atoms with Crippen molar-refractivity contribution in [3.8, 4) is 5.75 Å². The van der Waals surface area contributed by atoms with E-state index in [-0.39, 0.29) is 35.8 Å². The molecule has 2 aliphatic rings. The molecule has 1 atom stereocenters. The van der Waals surface area contributed by atoms with E-state index in [2.05, 4.69) is 29.5 Å². The molecule has 1 unspecified atom stereocenters. The molecular formula is C29H33N5O4. The zero-order valence-corrected chi connectivity index (χ0v) is 22.2. The maximum atomic E-state index is 13.8. The topological polar surface area (TPSA) is 106 Å². The van der Waals surface area contributed by atoms with E-state index in [1.807, 2.05) is 48.5 Å². The van der Waals surface area contributed by atoms with Gasteiger partial charge in [-0.1, -0.05) is 38.1 Å². The van der Waals surface area contributed by atoms with E-state index in [1.165, 1.54) is 11.9 Å². The van der Waals surface area contributed by atoms with Gasteiger partial charge in [-0.15, -0.1) is 0 Å². The van der Waals surface area contributed by atoms with Gasteiger partial charge in [0.15, 0.2) is 5.69 Å². The van der Waals surface area contributed by atoms with Gasteiger partial charge in [-0.05, 0) is 61.1 Å². The first kappa shape index (κ1) is 25.5. The molecule has 3 aromatic rings. The molecule has 198 valence electrons. The molecule has 9 heteroatoms. The summed E-state index contributed by atoms with van der Waals surface area (Å²) in [6.07, 6.45) is 3.12. The van der Waals surface area contributed by atoms with E-state index < -0.39 is 11.4 Å². The average Bonchev–Trinajstić information content (AvgIpc) is 3.65. The summed E-state index contributed by atoms with van der Waals surface area (Å²) >= 11 is 0. The molecule has 38 heavy (non-hydrogen) atoms. The van der Waals surface area contributed by atoms with Crippen LogP contribution in [-0.2, 0) is 17.9 Å². The number of amides is 3. The lowest BCUT2D eigenvalue weighted by Gasteiger charge is -2.44. The van der Waals surface area contributed by atoms with Crippen molar-refractivity contribution in [1.29, 1.82) is 0 Å². The molecule has 0 radical (unpaired) electrons. The quantitative estimate of drug-likeness (QED) is 0.473. The summed E-state index contributed by atoms with van der Waals surface area (Å²) in [5, 5.41) is 5.86. The number of rotatable bonds is 8. The minimum absolute atomic E-state index is 0.0395. The molecular weight excluding hydrogens is 482 g/mol. The molecule has 1 saturated carbocycles. The lowest BCUT2D eigenvalue weighted by Crippen LogP contribution is -2.64. The fraction of sp³-hybridized carbons (Fsp3) is 0.379. The molecule has 2 heterocycles. The van der Waals surface area contributed by atoms with Crippen LogP contribution in [0.15, 0.2) is 54.9 Å². The highest BCUT2D eigenvalue weighted by Gasteiger charge is 2.53. The third-order valence-corrected chi connectivity index (χ3v) is 7.33. The number of nitrogens with zero attached hydrogens (tertiary/aromatic N) is 3. The van der Waals surface area contributed by atoms with E-state index in [9.17, 15) is 14.4 Å². The third kappa shape index (κ3) is 4.76. The number of fused-ring (bicyclic) bond motifs is 1. The third-order valence-electron chi connectivity index (χ3n) is 7.33. The summed E-state index contributed by atoms with van der Waals surface area (Å²) in [6.45, 7) is 6.53.